The molecule has 1 aliphatic rings. The molecule has 5 nitrogen and oxygen atoms in total. The van der Waals surface area contributed by atoms with Crippen LogP contribution in [-0.4, -0.2) is 56.2 Å². The maximum Gasteiger partial charge on any atom is 0.414 e. The summed E-state index contributed by atoms with van der Waals surface area (Å²) < 4.78 is 5.26. The third kappa shape index (κ3) is 4.22. The van der Waals surface area contributed by atoms with Crippen molar-refractivity contribution in [1.82, 2.24) is 15.1 Å². The SMILES string of the molecule is CN(C)C(=O)Oc1cccc(CN2CCNCC2)c1. The second kappa shape index (κ2) is 6.54. The van der Waals surface area contributed by atoms with Gasteiger partial charge in [0.15, 0.2) is 0 Å². The Balaban J connectivity index is 1.96. The Kier molecular flexibility index (Phi) is 4.76. The lowest BCUT2D eigenvalue weighted by Crippen LogP contribution is -2.42. The van der Waals surface area contributed by atoms with Crippen molar-refractivity contribution in [2.24, 2.45) is 0 Å². The van der Waals surface area contributed by atoms with Crippen LogP contribution in [0, 0.1) is 0 Å². The minimum Gasteiger partial charge on any atom is -0.410 e. The molecule has 1 aromatic carbocycles. The number of carbonyl (C=O) groups is 1. The van der Waals surface area contributed by atoms with Crippen LogP contribution in [-0.2, 0) is 6.54 Å². The normalized spacial score (nSPS) is 16.1. The summed E-state index contributed by atoms with van der Waals surface area (Å²) in [5.74, 6) is 0.603. The highest BCUT2D eigenvalue weighted by Gasteiger charge is 2.11. The van der Waals surface area contributed by atoms with E-state index in [1.54, 1.807) is 14.1 Å². The molecule has 2 rings (SSSR count). The van der Waals surface area contributed by atoms with Crippen LogP contribution in [0.3, 0.4) is 0 Å². The number of hydrogen-bond acceptors (Lipinski definition) is 4. The molecule has 0 aromatic heterocycles. The molecule has 104 valence electrons. The Bertz CT molecular complexity index is 428. The number of carbonyl (C=O) groups excluding carboxylic acids is 1. The quantitative estimate of drug-likeness (QED) is 0.888. The van der Waals surface area contributed by atoms with Crippen molar-refractivity contribution in [2.75, 3.05) is 40.3 Å². The number of amides is 1. The van der Waals surface area contributed by atoms with Crippen LogP contribution in [0.4, 0.5) is 4.79 Å². The Morgan fingerprint density at radius 3 is 2.79 bits per heavy atom. The average Bonchev–Trinajstić information content (AvgIpc) is 2.40. The Hall–Kier alpha value is -1.59. The van der Waals surface area contributed by atoms with Crippen molar-refractivity contribution >= 4 is 6.09 Å². The molecule has 1 fully saturated rings. The van der Waals surface area contributed by atoms with Crippen LogP contribution in [0.5, 0.6) is 5.75 Å². The summed E-state index contributed by atoms with van der Waals surface area (Å²) in [5.41, 5.74) is 1.17. The summed E-state index contributed by atoms with van der Waals surface area (Å²) in [6.45, 7) is 5.09. The Morgan fingerprint density at radius 1 is 1.37 bits per heavy atom. The van der Waals surface area contributed by atoms with Crippen LogP contribution in [0.2, 0.25) is 0 Å². The number of rotatable bonds is 3. The summed E-state index contributed by atoms with van der Waals surface area (Å²) in [5, 5.41) is 3.33. The summed E-state index contributed by atoms with van der Waals surface area (Å²) in [6, 6.07) is 7.73. The first kappa shape index (κ1) is 13.8. The molecule has 0 unspecified atom stereocenters. The smallest absolute Gasteiger partial charge is 0.410 e. The van der Waals surface area contributed by atoms with Crippen molar-refractivity contribution < 1.29 is 9.53 Å². The van der Waals surface area contributed by atoms with Crippen molar-refractivity contribution in [2.45, 2.75) is 6.54 Å². The zero-order chi connectivity index (χ0) is 13.7. The first-order valence-corrected chi connectivity index (χ1v) is 6.56. The summed E-state index contributed by atoms with van der Waals surface area (Å²) in [4.78, 5) is 15.3. The van der Waals surface area contributed by atoms with E-state index in [0.717, 1.165) is 32.7 Å². The lowest BCUT2D eigenvalue weighted by molar-refractivity contribution is 0.171. The Labute approximate surface area is 114 Å². The zero-order valence-electron chi connectivity index (χ0n) is 11.6. The third-order valence-corrected chi connectivity index (χ3v) is 3.08. The van der Waals surface area contributed by atoms with Crippen molar-refractivity contribution in [1.29, 1.82) is 0 Å². The minimum absolute atomic E-state index is 0.348. The van der Waals surface area contributed by atoms with Crippen LogP contribution >= 0.6 is 0 Å². The van der Waals surface area contributed by atoms with E-state index in [-0.39, 0.29) is 6.09 Å². The maximum atomic E-state index is 11.5. The second-order valence-electron chi connectivity index (χ2n) is 4.94. The molecule has 1 saturated heterocycles. The topological polar surface area (TPSA) is 44.8 Å². The predicted molar refractivity (Wildman–Crippen MR) is 74.3 cm³/mol. The molecule has 0 radical (unpaired) electrons. The van der Waals surface area contributed by atoms with Crippen molar-refractivity contribution in [3.8, 4) is 5.75 Å². The average molecular weight is 263 g/mol. The lowest BCUT2D eigenvalue weighted by atomic mass is 10.2. The highest BCUT2D eigenvalue weighted by Crippen LogP contribution is 2.16. The molecule has 1 aliphatic heterocycles. The molecule has 5 heteroatoms. The highest BCUT2D eigenvalue weighted by molar-refractivity contribution is 5.69. The molecule has 1 aromatic rings. The van der Waals surface area contributed by atoms with Gasteiger partial charge in [0, 0.05) is 46.8 Å². The first-order chi connectivity index (χ1) is 9.15. The van der Waals surface area contributed by atoms with E-state index >= 15 is 0 Å². The van der Waals surface area contributed by atoms with Gasteiger partial charge in [-0.05, 0) is 17.7 Å². The number of piperazine rings is 1. The largest absolute Gasteiger partial charge is 0.414 e. The maximum absolute atomic E-state index is 11.5. The molecule has 1 N–H and O–H groups in total. The monoisotopic (exact) mass is 263 g/mol. The van der Waals surface area contributed by atoms with Gasteiger partial charge in [-0.3, -0.25) is 4.90 Å². The fourth-order valence-electron chi connectivity index (χ4n) is 2.03. The lowest BCUT2D eigenvalue weighted by Gasteiger charge is -2.27. The van der Waals surface area contributed by atoms with E-state index in [0.29, 0.717) is 5.75 Å². The molecular formula is C14H21N3O2. The molecule has 0 aliphatic carbocycles. The summed E-state index contributed by atoms with van der Waals surface area (Å²) >= 11 is 0. The molecule has 0 spiro atoms. The van der Waals surface area contributed by atoms with Crippen molar-refractivity contribution in [3.05, 3.63) is 29.8 Å². The van der Waals surface area contributed by atoms with E-state index in [1.807, 2.05) is 18.2 Å². The number of nitrogens with one attached hydrogen (secondary N) is 1. The first-order valence-electron chi connectivity index (χ1n) is 6.56. The molecule has 0 bridgehead atoms. The van der Waals surface area contributed by atoms with Gasteiger partial charge in [0.05, 0.1) is 0 Å². The van der Waals surface area contributed by atoms with Gasteiger partial charge in [-0.15, -0.1) is 0 Å². The number of benzene rings is 1. The fraction of sp³-hybridized carbons (Fsp3) is 0.500. The molecule has 19 heavy (non-hydrogen) atoms. The van der Waals surface area contributed by atoms with Crippen LogP contribution in [0.15, 0.2) is 24.3 Å². The van der Waals surface area contributed by atoms with Gasteiger partial charge in [0.1, 0.15) is 5.75 Å². The fourth-order valence-corrected chi connectivity index (χ4v) is 2.03. The van der Waals surface area contributed by atoms with Gasteiger partial charge in [-0.1, -0.05) is 12.1 Å². The molecular weight excluding hydrogens is 242 g/mol. The van der Waals surface area contributed by atoms with E-state index in [4.69, 9.17) is 4.74 Å². The third-order valence-electron chi connectivity index (χ3n) is 3.08. The molecule has 0 saturated carbocycles. The minimum atomic E-state index is -0.348. The van der Waals surface area contributed by atoms with Crippen LogP contribution < -0.4 is 10.1 Å². The molecule has 1 heterocycles. The summed E-state index contributed by atoms with van der Waals surface area (Å²) in [7, 11) is 3.35. The van der Waals surface area contributed by atoms with Crippen LogP contribution in [0.1, 0.15) is 5.56 Å². The van der Waals surface area contributed by atoms with E-state index in [2.05, 4.69) is 16.3 Å². The Morgan fingerprint density at radius 2 is 2.11 bits per heavy atom. The van der Waals surface area contributed by atoms with Crippen molar-refractivity contribution in [3.63, 3.8) is 0 Å². The van der Waals surface area contributed by atoms with E-state index < -0.39 is 0 Å². The zero-order valence-corrected chi connectivity index (χ0v) is 11.6. The van der Waals surface area contributed by atoms with Gasteiger partial charge < -0.3 is 15.0 Å². The van der Waals surface area contributed by atoms with Gasteiger partial charge in [0.25, 0.3) is 0 Å². The standard InChI is InChI=1S/C14H21N3O2/c1-16(2)14(18)19-13-5-3-4-12(10-13)11-17-8-6-15-7-9-17/h3-5,10,15H,6-9,11H2,1-2H3. The highest BCUT2D eigenvalue weighted by atomic mass is 16.6. The molecule has 0 atom stereocenters. The van der Waals surface area contributed by atoms with Crippen LogP contribution in [0.25, 0.3) is 0 Å². The summed E-state index contributed by atoms with van der Waals surface area (Å²) in [6.07, 6.45) is -0.348. The van der Waals surface area contributed by atoms with Gasteiger partial charge in [0.2, 0.25) is 0 Å². The predicted octanol–water partition coefficient (Wildman–Crippen LogP) is 1.15. The number of hydrogen-bond donors (Lipinski definition) is 1. The second-order valence-corrected chi connectivity index (χ2v) is 4.94. The number of ether oxygens (including phenoxy) is 1. The molecule has 1 amide bonds. The van der Waals surface area contributed by atoms with Gasteiger partial charge in [-0.25, -0.2) is 4.79 Å². The number of nitrogens with zero attached hydrogens (tertiary/aromatic N) is 2. The van der Waals surface area contributed by atoms with Gasteiger partial charge in [-0.2, -0.15) is 0 Å². The van der Waals surface area contributed by atoms with Gasteiger partial charge >= 0.3 is 6.09 Å². The van der Waals surface area contributed by atoms with E-state index in [1.165, 1.54) is 10.5 Å². The van der Waals surface area contributed by atoms with E-state index in [9.17, 15) is 4.79 Å².